The molecule has 30 heavy (non-hydrogen) atoms. The van der Waals surface area contributed by atoms with Gasteiger partial charge in [-0.1, -0.05) is 24.4 Å². The van der Waals surface area contributed by atoms with Crippen molar-refractivity contribution in [2.45, 2.75) is 64.1 Å². The van der Waals surface area contributed by atoms with Crippen LogP contribution < -0.4 is 16.2 Å². The molecule has 4 rings (SSSR count). The number of nitrogens with one attached hydrogen (secondary N) is 2. The van der Waals surface area contributed by atoms with E-state index in [-0.39, 0.29) is 23.5 Å². The van der Waals surface area contributed by atoms with Crippen molar-refractivity contribution in [3.8, 4) is 0 Å². The van der Waals surface area contributed by atoms with Crippen LogP contribution in [0.25, 0.3) is 0 Å². The number of carbonyl (C=O) groups is 1. The number of nitrogens with zero attached hydrogens (tertiary/aromatic N) is 4. The van der Waals surface area contributed by atoms with Crippen LogP contribution in [0.4, 0.5) is 5.69 Å². The predicted octanol–water partition coefficient (Wildman–Crippen LogP) is 2.94. The molecular weight excluding hydrogens is 404 g/mol. The topological polar surface area (TPSA) is 102 Å². The van der Waals surface area contributed by atoms with Crippen LogP contribution in [-0.2, 0) is 11.3 Å². The fourth-order valence-corrected chi connectivity index (χ4v) is 5.03. The maximum atomic E-state index is 12.7. The lowest BCUT2D eigenvalue weighted by Gasteiger charge is -2.43. The Bertz CT molecular complexity index is 928. The van der Waals surface area contributed by atoms with Crippen molar-refractivity contribution in [2.24, 2.45) is 11.8 Å². The van der Waals surface area contributed by atoms with Gasteiger partial charge >= 0.3 is 0 Å². The molecule has 0 aromatic carbocycles. The molecular formula is C21H27ClN6O2. The highest BCUT2D eigenvalue weighted by Crippen LogP contribution is 2.41. The molecule has 2 saturated carbocycles. The third-order valence-corrected chi connectivity index (χ3v) is 6.77. The van der Waals surface area contributed by atoms with E-state index < -0.39 is 5.56 Å². The molecule has 2 bridgehead atoms. The Balaban J connectivity index is 1.42. The van der Waals surface area contributed by atoms with Crippen LogP contribution in [0.1, 0.15) is 57.1 Å². The number of carbonyl (C=O) groups excluding carboxylic acids is 1. The van der Waals surface area contributed by atoms with Crippen LogP contribution >= 0.6 is 11.6 Å². The average Bonchev–Trinajstić information content (AvgIpc) is 2.74. The van der Waals surface area contributed by atoms with Gasteiger partial charge in [-0.3, -0.25) is 9.59 Å². The Morgan fingerprint density at radius 2 is 1.90 bits per heavy atom. The smallest absolute Gasteiger partial charge is 0.288 e. The first kappa shape index (κ1) is 20.8. The quantitative estimate of drug-likeness (QED) is 0.730. The molecule has 2 heterocycles. The van der Waals surface area contributed by atoms with Gasteiger partial charge in [-0.2, -0.15) is 15.3 Å². The zero-order chi connectivity index (χ0) is 21.1. The van der Waals surface area contributed by atoms with Crippen molar-refractivity contribution < 1.29 is 4.79 Å². The minimum Gasteiger partial charge on any atom is -0.379 e. The monoisotopic (exact) mass is 430 g/mol. The molecule has 1 atom stereocenters. The van der Waals surface area contributed by atoms with Gasteiger partial charge in [-0.05, 0) is 56.1 Å². The van der Waals surface area contributed by atoms with Crippen LogP contribution in [-0.4, -0.2) is 31.9 Å². The van der Waals surface area contributed by atoms with Crippen LogP contribution in [0, 0.1) is 11.8 Å². The van der Waals surface area contributed by atoms with E-state index in [2.05, 4.69) is 25.9 Å². The van der Waals surface area contributed by atoms with E-state index in [4.69, 9.17) is 11.6 Å². The molecule has 0 aliphatic heterocycles. The van der Waals surface area contributed by atoms with Gasteiger partial charge in [0.1, 0.15) is 11.6 Å². The summed E-state index contributed by atoms with van der Waals surface area (Å²) in [5.41, 5.74) is 0.934. The highest BCUT2D eigenvalue weighted by Gasteiger charge is 2.36. The summed E-state index contributed by atoms with van der Waals surface area (Å²) in [5.74, 6) is 0.935. The minimum absolute atomic E-state index is 0.0906. The van der Waals surface area contributed by atoms with E-state index in [1.165, 1.54) is 38.5 Å². The van der Waals surface area contributed by atoms with Gasteiger partial charge in [-0.25, -0.2) is 4.68 Å². The van der Waals surface area contributed by atoms with E-state index in [9.17, 15) is 9.59 Å². The van der Waals surface area contributed by atoms with Crippen molar-refractivity contribution in [1.82, 2.24) is 25.3 Å². The molecule has 0 spiro atoms. The average molecular weight is 431 g/mol. The lowest BCUT2D eigenvalue weighted by molar-refractivity contribution is -0.122. The molecule has 1 unspecified atom stereocenters. The molecule has 0 radical (unpaired) electrons. The molecule has 1 amide bonds. The lowest BCUT2D eigenvalue weighted by atomic mass is 9.68. The normalized spacial score (nSPS) is 24.1. The van der Waals surface area contributed by atoms with Gasteiger partial charge in [0.2, 0.25) is 5.91 Å². The fourth-order valence-electron chi connectivity index (χ4n) is 4.83. The minimum atomic E-state index is -0.462. The second-order valence-electron chi connectivity index (χ2n) is 8.35. The summed E-state index contributed by atoms with van der Waals surface area (Å²) in [7, 11) is 0. The number of rotatable bonds is 6. The van der Waals surface area contributed by atoms with Crippen LogP contribution in [0.15, 0.2) is 29.5 Å². The van der Waals surface area contributed by atoms with Crippen LogP contribution in [0.3, 0.4) is 0 Å². The zero-order valence-electron chi connectivity index (χ0n) is 17.1. The molecule has 2 aliphatic carbocycles. The van der Waals surface area contributed by atoms with Crippen LogP contribution in [0.5, 0.6) is 0 Å². The number of aromatic nitrogens is 4. The SMILES string of the molecule is CC(NC(=O)Cn1ncc(NC2C3CCCC2CCC3)c(Cl)c1=O)c1ccnnc1. The maximum Gasteiger partial charge on any atom is 0.288 e. The molecule has 8 nitrogen and oxygen atoms in total. The maximum absolute atomic E-state index is 12.7. The van der Waals surface area contributed by atoms with E-state index >= 15 is 0 Å². The number of fused-ring (bicyclic) bond motifs is 2. The second-order valence-corrected chi connectivity index (χ2v) is 8.73. The van der Waals surface area contributed by atoms with Crippen molar-refractivity contribution in [1.29, 1.82) is 0 Å². The van der Waals surface area contributed by atoms with E-state index in [0.29, 0.717) is 23.6 Å². The number of hydrogen-bond acceptors (Lipinski definition) is 6. The van der Waals surface area contributed by atoms with Gasteiger partial charge in [0.05, 0.1) is 24.1 Å². The van der Waals surface area contributed by atoms with E-state index in [1.807, 2.05) is 6.92 Å². The molecule has 2 fully saturated rings. The van der Waals surface area contributed by atoms with E-state index in [1.54, 1.807) is 24.7 Å². The highest BCUT2D eigenvalue weighted by molar-refractivity contribution is 6.32. The number of amides is 1. The third kappa shape index (κ3) is 4.48. The number of hydrogen-bond donors (Lipinski definition) is 2. The van der Waals surface area contributed by atoms with Crippen molar-refractivity contribution in [2.75, 3.05) is 5.32 Å². The first-order valence-corrected chi connectivity index (χ1v) is 11.0. The molecule has 2 aliphatic rings. The lowest BCUT2D eigenvalue weighted by Crippen LogP contribution is -2.43. The molecule has 9 heteroatoms. The van der Waals surface area contributed by atoms with Crippen molar-refractivity contribution in [3.63, 3.8) is 0 Å². The zero-order valence-corrected chi connectivity index (χ0v) is 17.8. The summed E-state index contributed by atoms with van der Waals surface area (Å²) < 4.78 is 1.10. The van der Waals surface area contributed by atoms with Gasteiger partial charge < -0.3 is 10.6 Å². The molecule has 0 saturated heterocycles. The summed E-state index contributed by atoms with van der Waals surface area (Å²) in [6, 6.07) is 1.87. The van der Waals surface area contributed by atoms with Crippen molar-refractivity contribution >= 4 is 23.2 Å². The number of halogens is 1. The summed E-state index contributed by atoms with van der Waals surface area (Å²) in [6.07, 6.45) is 12.2. The summed E-state index contributed by atoms with van der Waals surface area (Å²) >= 11 is 6.38. The summed E-state index contributed by atoms with van der Waals surface area (Å²) in [4.78, 5) is 25.1. The Kier molecular flexibility index (Phi) is 6.32. The van der Waals surface area contributed by atoms with Crippen LogP contribution in [0.2, 0.25) is 5.02 Å². The van der Waals surface area contributed by atoms with Gasteiger partial charge in [0, 0.05) is 12.2 Å². The van der Waals surface area contributed by atoms with Crippen molar-refractivity contribution in [3.05, 3.63) is 45.6 Å². The molecule has 2 aromatic rings. The van der Waals surface area contributed by atoms with Gasteiger partial charge in [-0.15, -0.1) is 0 Å². The number of anilines is 1. The van der Waals surface area contributed by atoms with E-state index in [0.717, 1.165) is 10.2 Å². The molecule has 2 aromatic heterocycles. The molecule has 160 valence electrons. The largest absolute Gasteiger partial charge is 0.379 e. The Hall–Kier alpha value is -2.48. The second kappa shape index (κ2) is 9.12. The Morgan fingerprint density at radius 1 is 1.20 bits per heavy atom. The standard InChI is InChI=1S/C21H27ClN6O2/c1-13(16-8-9-23-24-10-16)26-18(29)12-28-21(30)19(22)17(11-25-28)27-20-14-4-2-5-15(20)7-3-6-14/h8-11,13-15,20,27H,2-7,12H2,1H3,(H,26,29). The highest BCUT2D eigenvalue weighted by atomic mass is 35.5. The summed E-state index contributed by atoms with van der Waals surface area (Å²) in [6.45, 7) is 1.64. The van der Waals surface area contributed by atoms with Gasteiger partial charge in [0.15, 0.2) is 0 Å². The fraction of sp³-hybridized carbons (Fsp3) is 0.571. The Labute approximate surface area is 180 Å². The first-order chi connectivity index (χ1) is 14.5. The predicted molar refractivity (Wildman–Crippen MR) is 114 cm³/mol. The summed E-state index contributed by atoms with van der Waals surface area (Å²) in [5, 5.41) is 18.2. The van der Waals surface area contributed by atoms with Gasteiger partial charge in [0.25, 0.3) is 5.56 Å². The third-order valence-electron chi connectivity index (χ3n) is 6.40. The Morgan fingerprint density at radius 3 is 2.53 bits per heavy atom. The first-order valence-electron chi connectivity index (χ1n) is 10.6. The molecule has 2 N–H and O–H groups in total.